The zero-order valence-corrected chi connectivity index (χ0v) is 16.5. The SMILES string of the molecule is O=[N+]([O-])c1ccc(N2CCCCC2)cc1Oc1nc2c(Cl)cc(Cl)cc2s1. The second-order valence-corrected chi connectivity index (χ2v) is 8.11. The van der Waals surface area contributed by atoms with E-state index in [-0.39, 0.29) is 16.6 Å². The normalized spacial score (nSPS) is 14.5. The van der Waals surface area contributed by atoms with Gasteiger partial charge in [0, 0.05) is 35.9 Å². The average molecular weight is 424 g/mol. The number of piperidine rings is 1. The van der Waals surface area contributed by atoms with E-state index in [1.807, 2.05) is 0 Å². The van der Waals surface area contributed by atoms with Gasteiger partial charge < -0.3 is 9.64 Å². The highest BCUT2D eigenvalue weighted by atomic mass is 35.5. The number of nitrogens with zero attached hydrogens (tertiary/aromatic N) is 3. The Morgan fingerprint density at radius 2 is 1.93 bits per heavy atom. The van der Waals surface area contributed by atoms with Gasteiger partial charge in [-0.15, -0.1) is 0 Å². The highest BCUT2D eigenvalue weighted by Gasteiger charge is 2.21. The fourth-order valence-corrected chi connectivity index (χ4v) is 4.71. The molecule has 0 spiro atoms. The van der Waals surface area contributed by atoms with E-state index >= 15 is 0 Å². The minimum Gasteiger partial charge on any atom is -0.423 e. The van der Waals surface area contributed by atoms with Gasteiger partial charge in [0.25, 0.3) is 5.19 Å². The molecule has 0 aliphatic carbocycles. The van der Waals surface area contributed by atoms with E-state index < -0.39 is 4.92 Å². The van der Waals surface area contributed by atoms with Crippen LogP contribution in [0.1, 0.15) is 19.3 Å². The fraction of sp³-hybridized carbons (Fsp3) is 0.278. The first-order valence-corrected chi connectivity index (χ1v) is 10.1. The van der Waals surface area contributed by atoms with E-state index in [2.05, 4.69) is 9.88 Å². The quantitative estimate of drug-likeness (QED) is 0.364. The Bertz CT molecular complexity index is 1020. The van der Waals surface area contributed by atoms with Crippen LogP contribution in [-0.4, -0.2) is 23.0 Å². The van der Waals surface area contributed by atoms with Crippen LogP contribution in [0.5, 0.6) is 10.9 Å². The summed E-state index contributed by atoms with van der Waals surface area (Å²) in [6.45, 7) is 1.87. The van der Waals surface area contributed by atoms with E-state index in [0.29, 0.717) is 15.6 Å². The van der Waals surface area contributed by atoms with Gasteiger partial charge in [-0.25, -0.2) is 4.98 Å². The number of nitro groups is 1. The molecule has 1 aromatic heterocycles. The minimum atomic E-state index is -0.452. The number of anilines is 1. The van der Waals surface area contributed by atoms with E-state index in [4.69, 9.17) is 27.9 Å². The third kappa shape index (κ3) is 3.81. The van der Waals surface area contributed by atoms with Crippen LogP contribution >= 0.6 is 34.5 Å². The molecule has 4 rings (SSSR count). The van der Waals surface area contributed by atoms with Gasteiger partial charge in [-0.1, -0.05) is 34.5 Å². The molecule has 0 N–H and O–H groups in total. The number of benzene rings is 2. The van der Waals surface area contributed by atoms with Gasteiger partial charge >= 0.3 is 5.69 Å². The molecule has 1 saturated heterocycles. The van der Waals surface area contributed by atoms with Crippen molar-refractivity contribution in [2.24, 2.45) is 0 Å². The van der Waals surface area contributed by atoms with Crippen LogP contribution in [0.25, 0.3) is 10.2 Å². The fourth-order valence-electron chi connectivity index (χ4n) is 3.16. The smallest absolute Gasteiger partial charge is 0.311 e. The van der Waals surface area contributed by atoms with Crippen molar-refractivity contribution in [2.45, 2.75) is 19.3 Å². The Balaban J connectivity index is 1.71. The van der Waals surface area contributed by atoms with Crippen LogP contribution in [0.3, 0.4) is 0 Å². The molecule has 0 atom stereocenters. The summed E-state index contributed by atoms with van der Waals surface area (Å²) in [5.41, 5.74) is 1.38. The molecular formula is C18H15Cl2N3O3S. The molecule has 27 heavy (non-hydrogen) atoms. The maximum Gasteiger partial charge on any atom is 0.311 e. The number of aromatic nitrogens is 1. The van der Waals surface area contributed by atoms with Crippen LogP contribution in [0, 0.1) is 10.1 Å². The minimum absolute atomic E-state index is 0.0980. The Morgan fingerprint density at radius 3 is 2.67 bits per heavy atom. The van der Waals surface area contributed by atoms with Gasteiger partial charge in [-0.2, -0.15) is 0 Å². The Hall–Kier alpha value is -2.09. The zero-order valence-electron chi connectivity index (χ0n) is 14.2. The van der Waals surface area contributed by atoms with Gasteiger partial charge in [-0.3, -0.25) is 10.1 Å². The Morgan fingerprint density at radius 1 is 1.15 bits per heavy atom. The lowest BCUT2D eigenvalue weighted by atomic mass is 10.1. The second kappa shape index (κ2) is 7.50. The van der Waals surface area contributed by atoms with Crippen molar-refractivity contribution in [2.75, 3.05) is 18.0 Å². The van der Waals surface area contributed by atoms with Gasteiger partial charge in [-0.05, 0) is 37.5 Å². The van der Waals surface area contributed by atoms with Crippen LogP contribution < -0.4 is 9.64 Å². The molecule has 0 unspecified atom stereocenters. The van der Waals surface area contributed by atoms with Crippen LogP contribution in [0.4, 0.5) is 11.4 Å². The molecule has 1 fully saturated rings. The number of hydrogen-bond donors (Lipinski definition) is 0. The molecule has 1 aliphatic heterocycles. The number of fused-ring (bicyclic) bond motifs is 1. The third-order valence-corrected chi connectivity index (χ3v) is 5.84. The maximum atomic E-state index is 11.4. The molecule has 140 valence electrons. The summed E-state index contributed by atoms with van der Waals surface area (Å²) in [4.78, 5) is 17.6. The monoisotopic (exact) mass is 423 g/mol. The lowest BCUT2D eigenvalue weighted by Gasteiger charge is -2.28. The van der Waals surface area contributed by atoms with Crippen molar-refractivity contribution in [3.05, 3.63) is 50.5 Å². The van der Waals surface area contributed by atoms with Gasteiger partial charge in [0.15, 0.2) is 0 Å². The van der Waals surface area contributed by atoms with Crippen molar-refractivity contribution in [3.8, 4) is 10.9 Å². The maximum absolute atomic E-state index is 11.4. The predicted molar refractivity (Wildman–Crippen MR) is 109 cm³/mol. The molecule has 9 heteroatoms. The highest BCUT2D eigenvalue weighted by Crippen LogP contribution is 2.40. The topological polar surface area (TPSA) is 68.5 Å². The Labute approximate surface area is 169 Å². The number of halogens is 2. The standard InChI is InChI=1S/C18H15Cl2N3O3S/c19-11-8-13(20)17-16(9-11)27-18(21-17)26-15-10-12(4-5-14(15)23(24)25)22-6-2-1-3-7-22/h4-5,8-10H,1-3,6-7H2. The number of rotatable bonds is 4. The first-order valence-electron chi connectivity index (χ1n) is 8.48. The molecule has 2 heterocycles. The van der Waals surface area contributed by atoms with Crippen molar-refractivity contribution in [1.29, 1.82) is 0 Å². The van der Waals surface area contributed by atoms with E-state index in [1.165, 1.54) is 23.8 Å². The third-order valence-electron chi connectivity index (χ3n) is 4.45. The lowest BCUT2D eigenvalue weighted by Crippen LogP contribution is -2.29. The summed E-state index contributed by atoms with van der Waals surface area (Å²) in [6.07, 6.45) is 3.44. The molecule has 0 saturated carbocycles. The highest BCUT2D eigenvalue weighted by molar-refractivity contribution is 7.20. The van der Waals surface area contributed by atoms with E-state index in [9.17, 15) is 10.1 Å². The molecule has 1 aliphatic rings. The predicted octanol–water partition coefficient (Wildman–Crippen LogP) is 6.29. The zero-order chi connectivity index (χ0) is 19.0. The van der Waals surface area contributed by atoms with Crippen LogP contribution in [0.15, 0.2) is 30.3 Å². The summed E-state index contributed by atoms with van der Waals surface area (Å²) >= 11 is 13.4. The number of thiazole rings is 1. The molecule has 3 aromatic rings. The lowest BCUT2D eigenvalue weighted by molar-refractivity contribution is -0.385. The summed E-state index contributed by atoms with van der Waals surface area (Å²) in [7, 11) is 0. The molecule has 6 nitrogen and oxygen atoms in total. The van der Waals surface area contributed by atoms with Gasteiger partial charge in [0.2, 0.25) is 5.75 Å². The van der Waals surface area contributed by atoms with Gasteiger partial charge in [0.05, 0.1) is 14.6 Å². The average Bonchev–Trinajstić information content (AvgIpc) is 3.05. The number of nitro benzene ring substituents is 1. The molecule has 0 radical (unpaired) electrons. The molecule has 0 amide bonds. The Kier molecular flexibility index (Phi) is 5.08. The van der Waals surface area contributed by atoms with Crippen molar-refractivity contribution < 1.29 is 9.66 Å². The summed E-state index contributed by atoms with van der Waals surface area (Å²) in [5, 5.41) is 12.6. The van der Waals surface area contributed by atoms with Crippen LogP contribution in [-0.2, 0) is 0 Å². The van der Waals surface area contributed by atoms with E-state index in [1.54, 1.807) is 24.3 Å². The van der Waals surface area contributed by atoms with Crippen LogP contribution in [0.2, 0.25) is 10.0 Å². The summed E-state index contributed by atoms with van der Waals surface area (Å²) < 4.78 is 6.58. The van der Waals surface area contributed by atoms with Crippen molar-refractivity contribution >= 4 is 56.1 Å². The number of ether oxygens (including phenoxy) is 1. The largest absolute Gasteiger partial charge is 0.423 e. The van der Waals surface area contributed by atoms with Gasteiger partial charge in [0.1, 0.15) is 5.52 Å². The first kappa shape index (κ1) is 18.3. The number of hydrogen-bond acceptors (Lipinski definition) is 6. The second-order valence-electron chi connectivity index (χ2n) is 6.27. The van der Waals surface area contributed by atoms with Crippen molar-refractivity contribution in [3.63, 3.8) is 0 Å². The van der Waals surface area contributed by atoms with Crippen molar-refractivity contribution in [1.82, 2.24) is 4.98 Å². The molecule has 0 bridgehead atoms. The molecule has 2 aromatic carbocycles. The first-order chi connectivity index (χ1) is 13.0. The summed E-state index contributed by atoms with van der Waals surface area (Å²) in [6, 6.07) is 8.31. The van der Waals surface area contributed by atoms with E-state index in [0.717, 1.165) is 36.3 Å². The summed E-state index contributed by atoms with van der Waals surface area (Å²) in [5.74, 6) is 0.171. The molecular weight excluding hydrogens is 409 g/mol.